The second-order valence-electron chi connectivity index (χ2n) is 13.9. The predicted molar refractivity (Wildman–Crippen MR) is 192 cm³/mol. The van der Waals surface area contributed by atoms with Gasteiger partial charge in [-0.25, -0.2) is 4.90 Å². The van der Waals surface area contributed by atoms with Gasteiger partial charge in [-0.15, -0.1) is 0 Å². The van der Waals surface area contributed by atoms with Crippen molar-refractivity contribution in [1.29, 1.82) is 0 Å². The number of phenolic OH excluding ortho intramolecular Hbond substituents is 1. The van der Waals surface area contributed by atoms with Crippen LogP contribution in [0.2, 0.25) is 5.02 Å². The van der Waals surface area contributed by atoms with E-state index >= 15 is 4.79 Å². The van der Waals surface area contributed by atoms with Gasteiger partial charge in [0.25, 0.3) is 0 Å². The summed E-state index contributed by atoms with van der Waals surface area (Å²) >= 11 is 6.40. The number of hydrogen-bond acceptors (Lipinski definition) is 6. The molecule has 2 aliphatic heterocycles. The van der Waals surface area contributed by atoms with E-state index in [1.807, 2.05) is 73.7 Å². The summed E-state index contributed by atoms with van der Waals surface area (Å²) in [6.07, 6.45) is 3.15. The number of allylic oxidation sites excluding steroid dienone is 2. The van der Waals surface area contributed by atoms with Crippen molar-refractivity contribution in [3.8, 4) is 11.5 Å². The fourth-order valence-corrected chi connectivity index (χ4v) is 9.38. The van der Waals surface area contributed by atoms with Gasteiger partial charge in [-0.2, -0.15) is 0 Å². The zero-order chi connectivity index (χ0) is 35.4. The van der Waals surface area contributed by atoms with Crippen molar-refractivity contribution in [2.24, 2.45) is 23.7 Å². The second-order valence-corrected chi connectivity index (χ2v) is 14.4. The maximum absolute atomic E-state index is 15.4. The van der Waals surface area contributed by atoms with Crippen LogP contribution in [0.25, 0.3) is 0 Å². The molecule has 1 N–H and O–H groups in total. The van der Waals surface area contributed by atoms with Crippen LogP contribution in [0.15, 0.2) is 115 Å². The largest absolute Gasteiger partial charge is 0.508 e. The number of ether oxygens (including phenoxy) is 1. The molecule has 4 aromatic rings. The zero-order valence-electron chi connectivity index (χ0n) is 28.1. The number of hydrogen-bond donors (Lipinski definition) is 1. The van der Waals surface area contributed by atoms with Crippen LogP contribution in [0, 0.1) is 23.7 Å². The third-order valence-corrected chi connectivity index (χ3v) is 11.5. The molecule has 9 heteroatoms. The summed E-state index contributed by atoms with van der Waals surface area (Å²) in [5, 5.41) is 12.3. The number of rotatable bonds is 8. The number of halogens is 1. The van der Waals surface area contributed by atoms with Gasteiger partial charge in [0.05, 0.1) is 28.9 Å². The SMILES string of the molecule is CCCN1C(=O)[C@H]2[C@H](CC=C3[C@H]2C[C@H]2C(=O)N(c4cccc(Cl)c4)C(=O)[C@@]2(c2ccccc2)[C@H]3c2ccc(OCc3ccccc3)cc2O)C1=O. The summed E-state index contributed by atoms with van der Waals surface area (Å²) in [6, 6.07) is 30.7. The first-order chi connectivity index (χ1) is 24.7. The monoisotopic (exact) mass is 700 g/mol. The van der Waals surface area contributed by atoms with E-state index in [2.05, 4.69) is 0 Å². The summed E-state index contributed by atoms with van der Waals surface area (Å²) in [6.45, 7) is 2.56. The van der Waals surface area contributed by atoms with Crippen molar-refractivity contribution in [2.75, 3.05) is 11.4 Å². The van der Waals surface area contributed by atoms with Crippen LogP contribution in [0.1, 0.15) is 48.8 Å². The van der Waals surface area contributed by atoms with Crippen molar-refractivity contribution in [2.45, 2.75) is 44.1 Å². The molecule has 4 aliphatic rings. The number of aromatic hydroxyl groups is 1. The zero-order valence-corrected chi connectivity index (χ0v) is 28.8. The van der Waals surface area contributed by atoms with Gasteiger partial charge in [-0.3, -0.25) is 24.1 Å². The van der Waals surface area contributed by atoms with Crippen LogP contribution in [0.4, 0.5) is 5.69 Å². The van der Waals surface area contributed by atoms with Gasteiger partial charge in [0.15, 0.2) is 0 Å². The molecular weight excluding hydrogens is 664 g/mol. The number of likely N-dealkylation sites (tertiary alicyclic amines) is 1. The first-order valence-electron chi connectivity index (χ1n) is 17.5. The molecule has 8 nitrogen and oxygen atoms in total. The predicted octanol–water partition coefficient (Wildman–Crippen LogP) is 7.20. The van der Waals surface area contributed by atoms with Crippen LogP contribution in [-0.2, 0) is 31.2 Å². The van der Waals surface area contributed by atoms with E-state index < -0.39 is 46.8 Å². The van der Waals surface area contributed by atoms with Crippen LogP contribution in [-0.4, -0.2) is 40.2 Å². The highest BCUT2D eigenvalue weighted by atomic mass is 35.5. The molecule has 3 fully saturated rings. The lowest BCUT2D eigenvalue weighted by Gasteiger charge is -2.50. The number of carbonyl (C=O) groups is 4. The van der Waals surface area contributed by atoms with Crippen molar-refractivity contribution in [3.05, 3.63) is 136 Å². The van der Waals surface area contributed by atoms with E-state index in [-0.39, 0.29) is 24.0 Å². The lowest BCUT2D eigenvalue weighted by Crippen LogP contribution is -2.53. The van der Waals surface area contributed by atoms with Gasteiger partial charge in [-0.05, 0) is 60.6 Å². The van der Waals surface area contributed by atoms with Gasteiger partial charge < -0.3 is 9.84 Å². The molecule has 1 saturated carbocycles. The summed E-state index contributed by atoms with van der Waals surface area (Å²) in [4.78, 5) is 60.5. The van der Waals surface area contributed by atoms with E-state index in [1.165, 1.54) is 9.80 Å². The Bertz CT molecular complexity index is 2080. The molecule has 0 spiro atoms. The molecule has 4 amide bonds. The van der Waals surface area contributed by atoms with Crippen LogP contribution >= 0.6 is 11.6 Å². The minimum absolute atomic E-state index is 0.0915. The van der Waals surface area contributed by atoms with Gasteiger partial charge >= 0.3 is 0 Å². The Balaban J connectivity index is 1.32. The quantitative estimate of drug-likeness (QED) is 0.154. The lowest BCUT2D eigenvalue weighted by molar-refractivity contribution is -0.140. The number of amides is 4. The number of fused-ring (bicyclic) bond motifs is 4. The van der Waals surface area contributed by atoms with Gasteiger partial charge in [-0.1, -0.05) is 103 Å². The van der Waals surface area contributed by atoms with Gasteiger partial charge in [0, 0.05) is 29.1 Å². The topological polar surface area (TPSA) is 104 Å². The van der Waals surface area contributed by atoms with Crippen molar-refractivity contribution >= 4 is 40.9 Å². The summed E-state index contributed by atoms with van der Waals surface area (Å²) in [7, 11) is 0. The highest BCUT2D eigenvalue weighted by Gasteiger charge is 2.70. The minimum Gasteiger partial charge on any atom is -0.508 e. The molecule has 0 bridgehead atoms. The number of nitrogens with zero attached hydrogens (tertiary/aromatic N) is 2. The molecule has 2 heterocycles. The first kappa shape index (κ1) is 33.0. The Kier molecular flexibility index (Phi) is 8.30. The normalized spacial score (nSPS) is 26.9. The standard InChI is InChI=1S/C42H37ClN2O6/c1-2-20-44-38(47)32-19-18-30-33(36(32)40(44)49)23-34-39(48)45(28-15-9-14-27(43)21-28)41(50)42(34,26-12-7-4-8-13-26)37(30)31-17-16-29(22-35(31)46)51-24-25-10-5-3-6-11-25/h3-18,21-22,32-34,36-37,46H,2,19-20,23-24H2,1H3/t32-,33+,34-,36-,37+,42+/m0/s1. The number of imide groups is 2. The molecule has 0 radical (unpaired) electrons. The van der Waals surface area contributed by atoms with E-state index in [0.29, 0.717) is 53.6 Å². The lowest BCUT2D eigenvalue weighted by atomic mass is 9.49. The highest BCUT2D eigenvalue weighted by molar-refractivity contribution is 6.32. The molecule has 0 aromatic heterocycles. The van der Waals surface area contributed by atoms with Gasteiger partial charge in [0.1, 0.15) is 18.1 Å². The molecule has 4 aromatic carbocycles. The first-order valence-corrected chi connectivity index (χ1v) is 17.9. The molecule has 0 unspecified atom stereocenters. The Labute approximate surface area is 301 Å². The third kappa shape index (κ3) is 5.10. The Morgan fingerprint density at radius 2 is 1.59 bits per heavy atom. The molecule has 8 rings (SSSR count). The fourth-order valence-electron chi connectivity index (χ4n) is 9.20. The Hall–Kier alpha value is -5.21. The fraction of sp³-hybridized carbons (Fsp3) is 0.286. The third-order valence-electron chi connectivity index (χ3n) is 11.3. The van der Waals surface area contributed by atoms with Crippen molar-refractivity contribution in [1.82, 2.24) is 4.90 Å². The highest BCUT2D eigenvalue weighted by Crippen LogP contribution is 2.65. The smallest absolute Gasteiger partial charge is 0.246 e. The number of benzene rings is 4. The number of carbonyl (C=O) groups excluding carboxylic acids is 4. The van der Waals surface area contributed by atoms with E-state index in [4.69, 9.17) is 16.3 Å². The Morgan fingerprint density at radius 1 is 0.843 bits per heavy atom. The molecule has 258 valence electrons. The van der Waals surface area contributed by atoms with E-state index in [0.717, 1.165) is 11.1 Å². The van der Waals surface area contributed by atoms with Crippen molar-refractivity contribution < 1.29 is 29.0 Å². The molecule has 51 heavy (non-hydrogen) atoms. The summed E-state index contributed by atoms with van der Waals surface area (Å²) in [5.74, 6) is -4.35. The van der Waals surface area contributed by atoms with Crippen LogP contribution < -0.4 is 9.64 Å². The molecule has 2 saturated heterocycles. The number of anilines is 1. The second kappa shape index (κ2) is 12.8. The van der Waals surface area contributed by atoms with Crippen LogP contribution in [0.3, 0.4) is 0 Å². The molecular formula is C42H37ClN2O6. The molecule has 6 atom stereocenters. The van der Waals surface area contributed by atoms with Crippen molar-refractivity contribution in [3.63, 3.8) is 0 Å². The number of phenols is 1. The average Bonchev–Trinajstić information content (AvgIpc) is 3.52. The maximum atomic E-state index is 15.4. The summed E-state index contributed by atoms with van der Waals surface area (Å²) in [5.41, 5.74) is 1.71. The van der Waals surface area contributed by atoms with Gasteiger partial charge in [0.2, 0.25) is 23.6 Å². The minimum atomic E-state index is -1.48. The van der Waals surface area contributed by atoms with Crippen LogP contribution in [0.5, 0.6) is 11.5 Å². The maximum Gasteiger partial charge on any atom is 0.246 e. The van der Waals surface area contributed by atoms with E-state index in [9.17, 15) is 19.5 Å². The molecule has 2 aliphatic carbocycles. The van der Waals surface area contributed by atoms with E-state index in [1.54, 1.807) is 42.5 Å². The average molecular weight is 701 g/mol. The summed E-state index contributed by atoms with van der Waals surface area (Å²) < 4.78 is 6.06. The Morgan fingerprint density at radius 3 is 2.29 bits per heavy atom.